The first-order valence-electron chi connectivity index (χ1n) is 20.3. The number of benzene rings is 3. The number of methoxy groups -OCH3 is 1. The second-order valence-electron chi connectivity index (χ2n) is 15.7. The van der Waals surface area contributed by atoms with Crippen molar-refractivity contribution in [3.8, 4) is 51.6 Å². The monoisotopic (exact) mass is 933 g/mol. The van der Waals surface area contributed by atoms with Crippen LogP contribution in [0.2, 0.25) is 0 Å². The highest BCUT2D eigenvalue weighted by atomic mass is 16.7. The fourth-order valence-corrected chi connectivity index (χ4v) is 7.47. The molecular weight excluding hydrogens is 884 g/mol. The Kier molecular flexibility index (Phi) is 14.7. The van der Waals surface area contributed by atoms with E-state index < -0.39 is 129 Å². The van der Waals surface area contributed by atoms with Gasteiger partial charge in [0, 0.05) is 30.3 Å². The molecule has 0 bridgehead atoms. The molecule has 23 nitrogen and oxygen atoms in total. The van der Waals surface area contributed by atoms with Crippen LogP contribution in [0.1, 0.15) is 12.5 Å². The normalized spacial score (nSPS) is 32.6. The van der Waals surface area contributed by atoms with E-state index in [-0.39, 0.29) is 45.3 Å². The second-order valence-corrected chi connectivity index (χ2v) is 15.7. The molecule has 3 aliphatic rings. The van der Waals surface area contributed by atoms with Crippen molar-refractivity contribution < 1.29 is 113 Å². The molecule has 0 radical (unpaired) electrons. The van der Waals surface area contributed by atoms with Crippen molar-refractivity contribution in [1.29, 1.82) is 0 Å². The molecule has 7 rings (SSSR count). The summed E-state index contributed by atoms with van der Waals surface area (Å²) in [6, 6.07) is 11.6. The maximum atomic E-state index is 12.6. The van der Waals surface area contributed by atoms with Crippen molar-refractivity contribution in [3.05, 3.63) is 66.2 Å². The Morgan fingerprint density at radius 1 is 0.712 bits per heavy atom. The SMILES string of the molecule is COc1cc(-c2[o+]c3cc(O)cc(O[C@@H]4O[C@@H](O)[C@H](O)[C@@H](O)[C@@H]4CO)c3cc2O[C@H]2O[C@@H](CO[C@@H]3O[C@@H](C)[C@H](OC(=O)/C=C/c4ccc(O)cc4)[C@@H](O)[C@H]3O)[C@H](O)[C@@H](O)[C@@H]2O)cc(O)c1O. The molecule has 4 heterocycles. The molecule has 15 atom stereocenters. The highest BCUT2D eigenvalue weighted by Crippen LogP contribution is 2.46. The standard InChI is InChI=1S/C43H48O23/c1-16-38(65-29(48)8-5-17-3-6-19(45)7-4-17)34(53)37(56)42(60-16)59-15-28-32(51)33(52)36(55)43(64-28)63-27-13-21-24(61-39(27)18-9-23(47)31(50)26(10-18)58-2)11-20(46)12-25(21)62-41-22(14-44)30(49)35(54)40(57)66-41/h3-13,16,22,28,30,32-38,40-44,49,51-57H,14-15H2,1-2H3,(H3-,45,46,47,48,50)/p+1/t16-,22-,28-,30-,32-,33+,34-,35+,36-,37+,38-,40+,41+,42+,43-/m0/s1. The summed E-state index contributed by atoms with van der Waals surface area (Å²) in [5.74, 6) is -5.13. The largest absolute Gasteiger partial charge is 0.508 e. The van der Waals surface area contributed by atoms with Crippen molar-refractivity contribution in [2.24, 2.45) is 5.92 Å². The fraction of sp³-hybridized carbons (Fsp3) is 0.442. The number of hydrogen-bond donors (Lipinski definition) is 13. The maximum absolute atomic E-state index is 12.6. The number of rotatable bonds is 13. The summed E-state index contributed by atoms with van der Waals surface area (Å²) in [4.78, 5) is 12.6. The van der Waals surface area contributed by atoms with Gasteiger partial charge in [-0.05, 0) is 30.7 Å². The van der Waals surface area contributed by atoms with Crippen molar-refractivity contribution in [2.45, 2.75) is 93.1 Å². The Labute approximate surface area is 373 Å². The van der Waals surface area contributed by atoms with Crippen LogP contribution in [0.15, 0.2) is 65.1 Å². The minimum absolute atomic E-state index is 0.0233. The zero-order valence-electron chi connectivity index (χ0n) is 34.8. The van der Waals surface area contributed by atoms with E-state index in [9.17, 15) is 71.2 Å². The first-order valence-corrected chi connectivity index (χ1v) is 20.3. The summed E-state index contributed by atoms with van der Waals surface area (Å²) < 4.78 is 51.3. The lowest BCUT2D eigenvalue weighted by atomic mass is 9.94. The summed E-state index contributed by atoms with van der Waals surface area (Å²) in [5, 5.41) is 137. The molecule has 3 aromatic carbocycles. The van der Waals surface area contributed by atoms with E-state index in [0.717, 1.165) is 24.3 Å². The van der Waals surface area contributed by atoms with Gasteiger partial charge in [-0.25, -0.2) is 9.21 Å². The molecule has 3 fully saturated rings. The van der Waals surface area contributed by atoms with E-state index in [0.29, 0.717) is 5.56 Å². The van der Waals surface area contributed by atoms with E-state index in [1.165, 1.54) is 44.4 Å². The van der Waals surface area contributed by atoms with Gasteiger partial charge in [0.15, 0.2) is 30.2 Å². The molecule has 0 spiro atoms. The molecular formula is C43H49O23+. The van der Waals surface area contributed by atoms with Crippen molar-refractivity contribution in [2.75, 3.05) is 20.3 Å². The molecule has 3 aliphatic heterocycles. The van der Waals surface area contributed by atoms with Crippen LogP contribution in [-0.4, -0.2) is 179 Å². The van der Waals surface area contributed by atoms with Gasteiger partial charge in [-0.2, -0.15) is 0 Å². The summed E-state index contributed by atoms with van der Waals surface area (Å²) in [5.41, 5.74) is 0.360. The number of aliphatic hydroxyl groups excluding tert-OH is 9. The van der Waals surface area contributed by atoms with Crippen molar-refractivity contribution >= 4 is 23.0 Å². The Balaban J connectivity index is 1.13. The number of phenolic OH excluding ortho intramolecular Hbond substituents is 4. The molecule has 0 amide bonds. The van der Waals surface area contributed by atoms with Gasteiger partial charge in [-0.3, -0.25) is 0 Å². The van der Waals surface area contributed by atoms with Crippen LogP contribution < -0.4 is 14.2 Å². The fourth-order valence-electron chi connectivity index (χ4n) is 7.47. The number of aliphatic hydroxyl groups is 9. The van der Waals surface area contributed by atoms with Crippen LogP contribution in [0.4, 0.5) is 0 Å². The van der Waals surface area contributed by atoms with E-state index >= 15 is 0 Å². The number of hydrogen-bond acceptors (Lipinski definition) is 22. The molecule has 0 saturated carbocycles. The van der Waals surface area contributed by atoms with Gasteiger partial charge >= 0.3 is 17.3 Å². The lowest BCUT2D eigenvalue weighted by Gasteiger charge is -2.42. The van der Waals surface area contributed by atoms with Crippen molar-refractivity contribution in [3.63, 3.8) is 0 Å². The van der Waals surface area contributed by atoms with Crippen LogP contribution in [0.25, 0.3) is 28.4 Å². The van der Waals surface area contributed by atoms with E-state index in [1.54, 1.807) is 12.1 Å². The van der Waals surface area contributed by atoms with Gasteiger partial charge in [0.1, 0.15) is 65.4 Å². The van der Waals surface area contributed by atoms with Gasteiger partial charge in [-0.15, -0.1) is 0 Å². The Hall–Kier alpha value is -5.64. The van der Waals surface area contributed by atoms with E-state index in [1.807, 2.05) is 0 Å². The highest BCUT2D eigenvalue weighted by molar-refractivity contribution is 5.89. The number of esters is 1. The molecule has 66 heavy (non-hydrogen) atoms. The van der Waals surface area contributed by atoms with E-state index in [2.05, 4.69) is 0 Å². The van der Waals surface area contributed by atoms with Gasteiger partial charge < -0.3 is 104 Å². The first kappa shape index (κ1) is 48.3. The Bertz CT molecular complexity index is 2360. The highest BCUT2D eigenvalue weighted by Gasteiger charge is 2.50. The van der Waals surface area contributed by atoms with Gasteiger partial charge in [0.05, 0.1) is 50.1 Å². The van der Waals surface area contributed by atoms with Crippen LogP contribution in [0.5, 0.6) is 40.2 Å². The topological polar surface area (TPSA) is 365 Å². The average molecular weight is 934 g/mol. The molecule has 13 N–H and O–H groups in total. The van der Waals surface area contributed by atoms with Crippen LogP contribution >= 0.6 is 0 Å². The Morgan fingerprint density at radius 3 is 2.11 bits per heavy atom. The smallest absolute Gasteiger partial charge is 0.402 e. The third-order valence-corrected chi connectivity index (χ3v) is 11.2. The predicted molar refractivity (Wildman–Crippen MR) is 218 cm³/mol. The molecule has 0 aliphatic carbocycles. The number of aromatic hydroxyl groups is 4. The first-order chi connectivity index (χ1) is 31.4. The summed E-state index contributed by atoms with van der Waals surface area (Å²) in [6.45, 7) is -0.0397. The van der Waals surface area contributed by atoms with Gasteiger partial charge in [0.2, 0.25) is 24.1 Å². The zero-order valence-corrected chi connectivity index (χ0v) is 34.8. The minimum Gasteiger partial charge on any atom is -0.508 e. The molecule has 1 aromatic heterocycles. The van der Waals surface area contributed by atoms with Crippen LogP contribution in [0, 0.1) is 5.92 Å². The molecule has 4 aromatic rings. The lowest BCUT2D eigenvalue weighted by Crippen LogP contribution is -2.62. The third kappa shape index (κ3) is 10.0. The quantitative estimate of drug-likeness (QED) is 0.0327. The van der Waals surface area contributed by atoms with Crippen LogP contribution in [0.3, 0.4) is 0 Å². The second kappa shape index (κ2) is 20.1. The number of carbonyl (C=O) groups excluding carboxylic acids is 1. The zero-order chi connectivity index (χ0) is 47.7. The minimum atomic E-state index is -2.01. The number of phenols is 4. The van der Waals surface area contributed by atoms with Gasteiger partial charge in [0.25, 0.3) is 0 Å². The third-order valence-electron chi connectivity index (χ3n) is 11.2. The number of fused-ring (bicyclic) bond motifs is 1. The summed E-state index contributed by atoms with van der Waals surface area (Å²) in [7, 11) is 1.20. The van der Waals surface area contributed by atoms with Crippen LogP contribution in [-0.2, 0) is 28.5 Å². The number of carbonyl (C=O) groups is 1. The summed E-state index contributed by atoms with van der Waals surface area (Å²) in [6.07, 6.45) is -21.6. The molecule has 23 heteroatoms. The number of ether oxygens (including phenoxy) is 8. The average Bonchev–Trinajstić information content (AvgIpc) is 3.29. The molecule has 0 unspecified atom stereocenters. The lowest BCUT2D eigenvalue weighted by molar-refractivity contribution is -0.319. The molecule has 358 valence electrons. The van der Waals surface area contributed by atoms with E-state index in [4.69, 9.17) is 42.3 Å². The van der Waals surface area contributed by atoms with Crippen molar-refractivity contribution in [1.82, 2.24) is 0 Å². The predicted octanol–water partition coefficient (Wildman–Crippen LogP) is -1.11. The summed E-state index contributed by atoms with van der Waals surface area (Å²) >= 11 is 0. The molecule has 3 saturated heterocycles. The maximum Gasteiger partial charge on any atom is 0.402 e. The Morgan fingerprint density at radius 2 is 1.41 bits per heavy atom. The van der Waals surface area contributed by atoms with Gasteiger partial charge in [-0.1, -0.05) is 12.1 Å².